The summed E-state index contributed by atoms with van der Waals surface area (Å²) in [5.41, 5.74) is 0.980. The largest absolute Gasteiger partial charge is 0.391 e. The molecule has 3 rings (SSSR count). The highest BCUT2D eigenvalue weighted by Gasteiger charge is 2.36. The van der Waals surface area contributed by atoms with Gasteiger partial charge in [0.25, 0.3) is 0 Å². The number of aliphatic hydroxyl groups is 1. The van der Waals surface area contributed by atoms with E-state index in [4.69, 9.17) is 0 Å². The van der Waals surface area contributed by atoms with Crippen molar-refractivity contribution in [1.29, 1.82) is 0 Å². The van der Waals surface area contributed by atoms with Crippen LogP contribution in [0.2, 0.25) is 0 Å². The Labute approximate surface area is 119 Å². The number of hydrogen-bond donors (Lipinski definition) is 1. The molecule has 0 radical (unpaired) electrons. The zero-order chi connectivity index (χ0) is 13.9. The Morgan fingerprint density at radius 2 is 2.10 bits per heavy atom. The third-order valence-electron chi connectivity index (χ3n) is 4.27. The smallest absolute Gasteiger partial charge is 0.226 e. The van der Waals surface area contributed by atoms with Gasteiger partial charge in [0, 0.05) is 36.8 Å². The highest BCUT2D eigenvalue weighted by molar-refractivity contribution is 5.80. The number of hydrogen-bond acceptors (Lipinski definition) is 3. The highest BCUT2D eigenvalue weighted by Crippen LogP contribution is 2.26. The second kappa shape index (κ2) is 5.75. The fourth-order valence-corrected chi connectivity index (χ4v) is 3.10. The van der Waals surface area contributed by atoms with E-state index in [-0.39, 0.29) is 17.7 Å². The van der Waals surface area contributed by atoms with E-state index < -0.39 is 6.10 Å². The maximum Gasteiger partial charge on any atom is 0.226 e. The molecule has 0 unspecified atom stereocenters. The molecule has 1 N–H and O–H groups in total. The van der Waals surface area contributed by atoms with Gasteiger partial charge in [-0.05, 0) is 31.4 Å². The maximum absolute atomic E-state index is 12.4. The molecule has 4 nitrogen and oxygen atoms in total. The van der Waals surface area contributed by atoms with Gasteiger partial charge >= 0.3 is 0 Å². The van der Waals surface area contributed by atoms with Gasteiger partial charge in [0.2, 0.25) is 5.91 Å². The quantitative estimate of drug-likeness (QED) is 0.846. The summed E-state index contributed by atoms with van der Waals surface area (Å²) >= 11 is 0. The van der Waals surface area contributed by atoms with Crippen LogP contribution in [0.1, 0.15) is 18.5 Å². The summed E-state index contributed by atoms with van der Waals surface area (Å²) in [5.74, 6) is 0.386. The molecule has 20 heavy (non-hydrogen) atoms. The van der Waals surface area contributed by atoms with E-state index in [2.05, 4.69) is 17.1 Å². The number of carbonyl (C=O) groups excluding carboxylic acids is 1. The fraction of sp³-hybridized carbons (Fsp3) is 0.500. The number of rotatable bonds is 3. The molecule has 1 aliphatic heterocycles. The first-order valence-corrected chi connectivity index (χ1v) is 7.26. The maximum atomic E-state index is 12.4. The van der Waals surface area contributed by atoms with Gasteiger partial charge < -0.3 is 10.0 Å². The monoisotopic (exact) mass is 272 g/mol. The topological polar surface area (TPSA) is 53.4 Å². The minimum atomic E-state index is -0.435. The van der Waals surface area contributed by atoms with Gasteiger partial charge in [-0.1, -0.05) is 18.2 Å². The van der Waals surface area contributed by atoms with Crippen molar-refractivity contribution < 1.29 is 9.90 Å². The Hall–Kier alpha value is -1.68. The van der Waals surface area contributed by atoms with E-state index in [0.717, 1.165) is 25.0 Å². The first-order chi connectivity index (χ1) is 9.74. The second-order valence-electron chi connectivity index (χ2n) is 5.74. The highest BCUT2D eigenvalue weighted by atomic mass is 16.3. The van der Waals surface area contributed by atoms with Crippen LogP contribution in [0.4, 0.5) is 0 Å². The van der Waals surface area contributed by atoms with Crippen molar-refractivity contribution in [2.24, 2.45) is 11.8 Å². The summed E-state index contributed by atoms with van der Waals surface area (Å²) in [5, 5.41) is 10.2. The van der Waals surface area contributed by atoms with Crippen molar-refractivity contribution in [3.05, 3.63) is 42.2 Å². The number of pyridine rings is 1. The molecule has 2 atom stereocenters. The Morgan fingerprint density at radius 3 is 2.80 bits per heavy atom. The fourth-order valence-electron chi connectivity index (χ4n) is 3.10. The van der Waals surface area contributed by atoms with E-state index in [0.29, 0.717) is 13.1 Å². The predicted octanol–water partition coefficient (Wildman–Crippen LogP) is 1.41. The number of amides is 1. The van der Waals surface area contributed by atoms with Gasteiger partial charge in [0.1, 0.15) is 0 Å². The van der Waals surface area contributed by atoms with Crippen LogP contribution in [0.25, 0.3) is 0 Å². The lowest BCUT2D eigenvalue weighted by Crippen LogP contribution is -2.34. The van der Waals surface area contributed by atoms with Crippen molar-refractivity contribution in [3.63, 3.8) is 0 Å². The minimum Gasteiger partial charge on any atom is -0.391 e. The molecule has 106 valence electrons. The summed E-state index contributed by atoms with van der Waals surface area (Å²) in [6.45, 7) is 1.11. The zero-order valence-electron chi connectivity index (χ0n) is 11.5. The molecule has 1 aromatic heterocycles. The number of nitrogens with zero attached hydrogens (tertiary/aromatic N) is 2. The molecule has 0 saturated carbocycles. The van der Waals surface area contributed by atoms with E-state index in [1.807, 2.05) is 23.1 Å². The van der Waals surface area contributed by atoms with Crippen LogP contribution in [0.15, 0.2) is 36.5 Å². The molecular weight excluding hydrogens is 252 g/mol. The Kier molecular flexibility index (Phi) is 3.83. The van der Waals surface area contributed by atoms with Gasteiger partial charge in [0.15, 0.2) is 0 Å². The number of β-amino-alcohol motifs (C(OH)–C–C–N with tert-alkyl or cyclic N) is 1. The summed E-state index contributed by atoms with van der Waals surface area (Å²) in [7, 11) is 0. The van der Waals surface area contributed by atoms with Crippen LogP contribution in [-0.4, -0.2) is 40.1 Å². The van der Waals surface area contributed by atoms with Crippen molar-refractivity contribution in [2.75, 3.05) is 13.1 Å². The average Bonchev–Trinajstić information content (AvgIpc) is 3.10. The van der Waals surface area contributed by atoms with Gasteiger partial charge in [-0.2, -0.15) is 0 Å². The molecule has 1 fully saturated rings. The predicted molar refractivity (Wildman–Crippen MR) is 75.9 cm³/mol. The Bertz CT molecular complexity index is 492. The number of likely N-dealkylation sites (tertiary alicyclic amines) is 1. The van der Waals surface area contributed by atoms with E-state index >= 15 is 0 Å². The lowest BCUT2D eigenvalue weighted by molar-refractivity contribution is -0.134. The first kappa shape index (κ1) is 13.3. The third-order valence-corrected chi connectivity index (χ3v) is 4.27. The van der Waals surface area contributed by atoms with Crippen LogP contribution >= 0.6 is 0 Å². The summed E-state index contributed by atoms with van der Waals surface area (Å²) in [6, 6.07) is 5.81. The molecule has 1 saturated heterocycles. The molecule has 4 heteroatoms. The molecule has 0 bridgehead atoms. The molecule has 1 amide bonds. The van der Waals surface area contributed by atoms with Crippen LogP contribution < -0.4 is 0 Å². The number of carbonyl (C=O) groups is 1. The summed E-state index contributed by atoms with van der Waals surface area (Å²) in [4.78, 5) is 18.5. The molecule has 0 aromatic carbocycles. The Balaban J connectivity index is 1.60. The van der Waals surface area contributed by atoms with Crippen molar-refractivity contribution >= 4 is 5.91 Å². The number of aromatic nitrogens is 1. The summed E-state index contributed by atoms with van der Waals surface area (Å²) < 4.78 is 0. The second-order valence-corrected chi connectivity index (χ2v) is 5.74. The van der Waals surface area contributed by atoms with Crippen LogP contribution in [0.3, 0.4) is 0 Å². The first-order valence-electron chi connectivity index (χ1n) is 7.26. The van der Waals surface area contributed by atoms with E-state index in [1.165, 1.54) is 0 Å². The molecule has 0 spiro atoms. The average molecular weight is 272 g/mol. The number of aliphatic hydroxyl groups excluding tert-OH is 1. The standard InChI is InChI=1S/C16H20N2O2/c19-15-11-18(16(20)12-5-1-2-6-12)10-13(15)9-14-7-3-4-8-17-14/h1-4,7-8,12-13,15,19H,5-6,9-11H2/t13-,15-/m1/s1. The molecule has 2 aliphatic rings. The number of allylic oxidation sites excluding steroid dienone is 2. The molecular formula is C16H20N2O2. The van der Waals surface area contributed by atoms with Crippen LogP contribution in [-0.2, 0) is 11.2 Å². The van der Waals surface area contributed by atoms with Gasteiger partial charge in [-0.3, -0.25) is 9.78 Å². The lowest BCUT2D eigenvalue weighted by Gasteiger charge is -2.20. The minimum absolute atomic E-state index is 0.0933. The zero-order valence-corrected chi connectivity index (χ0v) is 11.5. The molecule has 2 heterocycles. The van der Waals surface area contributed by atoms with Crippen LogP contribution in [0, 0.1) is 11.8 Å². The third kappa shape index (κ3) is 2.75. The van der Waals surface area contributed by atoms with Crippen molar-refractivity contribution in [1.82, 2.24) is 9.88 Å². The van der Waals surface area contributed by atoms with Gasteiger partial charge in [0.05, 0.1) is 6.10 Å². The van der Waals surface area contributed by atoms with Crippen molar-refractivity contribution in [2.45, 2.75) is 25.4 Å². The Morgan fingerprint density at radius 1 is 1.30 bits per heavy atom. The SMILES string of the molecule is O=C(C1CC=CC1)N1C[C@@H](Cc2ccccn2)[C@H](O)C1. The molecule has 1 aromatic rings. The van der Waals surface area contributed by atoms with Crippen LogP contribution in [0.5, 0.6) is 0 Å². The van der Waals surface area contributed by atoms with Gasteiger partial charge in [-0.15, -0.1) is 0 Å². The van der Waals surface area contributed by atoms with E-state index in [9.17, 15) is 9.90 Å². The van der Waals surface area contributed by atoms with Gasteiger partial charge in [-0.25, -0.2) is 0 Å². The summed E-state index contributed by atoms with van der Waals surface area (Å²) in [6.07, 6.45) is 7.89. The molecule has 1 aliphatic carbocycles. The normalized spacial score (nSPS) is 26.4. The lowest BCUT2D eigenvalue weighted by atomic mass is 10.00. The van der Waals surface area contributed by atoms with E-state index in [1.54, 1.807) is 6.20 Å². The van der Waals surface area contributed by atoms with Crippen molar-refractivity contribution in [3.8, 4) is 0 Å².